The Hall–Kier alpha value is -2.08. The van der Waals surface area contributed by atoms with Gasteiger partial charge in [-0.05, 0) is 43.2 Å². The maximum atomic E-state index is 12.2. The van der Waals surface area contributed by atoms with Crippen LogP contribution >= 0.6 is 11.8 Å². The molecule has 24 heavy (non-hydrogen) atoms. The lowest BCUT2D eigenvalue weighted by Gasteiger charge is -2.22. The number of aryl methyl sites for hydroxylation is 1. The standard InChI is InChI=1S/C18H21NO4S/c1-12-4-6-15(23-12)18-19(17(20)11-24-18)9-8-13-5-7-14(21-2)16(10-13)22-3/h4-7,10,18H,8-9,11H2,1-3H3. The van der Waals surface area contributed by atoms with Crippen LogP contribution in [0.1, 0.15) is 22.5 Å². The molecule has 0 N–H and O–H groups in total. The number of ether oxygens (including phenoxy) is 2. The zero-order chi connectivity index (χ0) is 17.1. The molecule has 5 nitrogen and oxygen atoms in total. The maximum absolute atomic E-state index is 12.2. The number of carbonyl (C=O) groups is 1. The summed E-state index contributed by atoms with van der Waals surface area (Å²) in [5.74, 6) is 3.77. The van der Waals surface area contributed by atoms with Crippen molar-refractivity contribution >= 4 is 17.7 Å². The largest absolute Gasteiger partial charge is 0.493 e. The number of furan rings is 1. The van der Waals surface area contributed by atoms with Crippen molar-refractivity contribution in [3.8, 4) is 11.5 Å². The minimum atomic E-state index is -0.0358. The third-order valence-electron chi connectivity index (χ3n) is 4.06. The summed E-state index contributed by atoms with van der Waals surface area (Å²) in [6.45, 7) is 2.56. The molecule has 1 atom stereocenters. The second kappa shape index (κ2) is 7.21. The Morgan fingerprint density at radius 1 is 1.21 bits per heavy atom. The first-order valence-electron chi connectivity index (χ1n) is 7.80. The molecular weight excluding hydrogens is 326 g/mol. The number of amides is 1. The summed E-state index contributed by atoms with van der Waals surface area (Å²) in [5.41, 5.74) is 1.10. The smallest absolute Gasteiger partial charge is 0.233 e. The van der Waals surface area contributed by atoms with Gasteiger partial charge in [0.2, 0.25) is 5.91 Å². The molecule has 1 fully saturated rings. The van der Waals surface area contributed by atoms with Crippen LogP contribution in [0, 0.1) is 6.92 Å². The van der Waals surface area contributed by atoms with Gasteiger partial charge in [0.25, 0.3) is 0 Å². The van der Waals surface area contributed by atoms with Crippen molar-refractivity contribution in [3.63, 3.8) is 0 Å². The molecule has 1 unspecified atom stereocenters. The minimum absolute atomic E-state index is 0.0358. The van der Waals surface area contributed by atoms with Crippen molar-refractivity contribution in [3.05, 3.63) is 47.4 Å². The van der Waals surface area contributed by atoms with Crippen molar-refractivity contribution in [1.29, 1.82) is 0 Å². The van der Waals surface area contributed by atoms with Gasteiger partial charge in [0.05, 0.1) is 20.0 Å². The van der Waals surface area contributed by atoms with E-state index in [0.717, 1.165) is 23.5 Å². The molecule has 1 aromatic carbocycles. The average Bonchev–Trinajstić information content (AvgIpc) is 3.18. The van der Waals surface area contributed by atoms with Crippen LogP contribution < -0.4 is 9.47 Å². The molecule has 0 spiro atoms. The number of methoxy groups -OCH3 is 2. The highest BCUT2D eigenvalue weighted by Crippen LogP contribution is 2.39. The Bertz CT molecular complexity index is 728. The van der Waals surface area contributed by atoms with Crippen LogP contribution in [0.4, 0.5) is 0 Å². The lowest BCUT2D eigenvalue weighted by Crippen LogP contribution is -2.30. The van der Waals surface area contributed by atoms with Crippen LogP contribution in [-0.2, 0) is 11.2 Å². The number of thioether (sulfide) groups is 1. The number of hydrogen-bond donors (Lipinski definition) is 0. The van der Waals surface area contributed by atoms with E-state index in [1.165, 1.54) is 0 Å². The molecule has 0 aliphatic carbocycles. The molecule has 1 amide bonds. The summed E-state index contributed by atoms with van der Waals surface area (Å²) < 4.78 is 16.3. The first kappa shape index (κ1) is 16.8. The first-order chi connectivity index (χ1) is 11.6. The minimum Gasteiger partial charge on any atom is -0.493 e. The van der Waals surface area contributed by atoms with E-state index >= 15 is 0 Å². The molecular formula is C18H21NO4S. The fourth-order valence-corrected chi connectivity index (χ4v) is 3.96. The van der Waals surface area contributed by atoms with Crippen LogP contribution in [0.3, 0.4) is 0 Å². The predicted molar refractivity (Wildman–Crippen MR) is 93.6 cm³/mol. The molecule has 1 aliphatic rings. The second-order valence-corrected chi connectivity index (χ2v) is 6.71. The number of nitrogens with zero attached hydrogens (tertiary/aromatic N) is 1. The molecule has 1 aromatic heterocycles. The molecule has 6 heteroatoms. The molecule has 2 aromatic rings. The normalized spacial score (nSPS) is 17.4. The van der Waals surface area contributed by atoms with Crippen molar-refractivity contribution < 1.29 is 18.7 Å². The molecule has 0 bridgehead atoms. The summed E-state index contributed by atoms with van der Waals surface area (Å²) in [5, 5.41) is -0.0358. The van der Waals surface area contributed by atoms with Gasteiger partial charge in [0.15, 0.2) is 11.5 Å². The predicted octanol–water partition coefficient (Wildman–Crippen LogP) is 3.42. The Morgan fingerprint density at radius 3 is 2.67 bits per heavy atom. The summed E-state index contributed by atoms with van der Waals surface area (Å²) in [4.78, 5) is 14.1. The van der Waals surface area contributed by atoms with Crippen LogP contribution in [0.5, 0.6) is 11.5 Å². The van der Waals surface area contributed by atoms with E-state index in [1.54, 1.807) is 26.0 Å². The third-order valence-corrected chi connectivity index (χ3v) is 5.28. The SMILES string of the molecule is COc1ccc(CCN2C(=O)CSC2c2ccc(C)o2)cc1OC. The van der Waals surface area contributed by atoms with E-state index in [0.29, 0.717) is 23.8 Å². The monoisotopic (exact) mass is 347 g/mol. The van der Waals surface area contributed by atoms with Crippen molar-refractivity contribution in [2.75, 3.05) is 26.5 Å². The number of carbonyl (C=O) groups excluding carboxylic acids is 1. The van der Waals surface area contributed by atoms with Crippen LogP contribution in [0.15, 0.2) is 34.7 Å². The lowest BCUT2D eigenvalue weighted by molar-refractivity contribution is -0.128. The maximum Gasteiger partial charge on any atom is 0.233 e. The molecule has 0 saturated carbocycles. The lowest BCUT2D eigenvalue weighted by atomic mass is 10.1. The van der Waals surface area contributed by atoms with Crippen LogP contribution in [0.25, 0.3) is 0 Å². The number of hydrogen-bond acceptors (Lipinski definition) is 5. The van der Waals surface area contributed by atoms with Gasteiger partial charge in [-0.3, -0.25) is 4.79 Å². The van der Waals surface area contributed by atoms with Gasteiger partial charge in [0.1, 0.15) is 16.9 Å². The quantitative estimate of drug-likeness (QED) is 0.801. The van der Waals surface area contributed by atoms with Gasteiger partial charge in [0, 0.05) is 6.54 Å². The van der Waals surface area contributed by atoms with E-state index in [2.05, 4.69) is 0 Å². The highest BCUT2D eigenvalue weighted by Gasteiger charge is 2.34. The third kappa shape index (κ3) is 3.38. The molecule has 0 radical (unpaired) electrons. The van der Waals surface area contributed by atoms with Gasteiger partial charge >= 0.3 is 0 Å². The Balaban J connectivity index is 1.71. The number of benzene rings is 1. The van der Waals surface area contributed by atoms with E-state index in [1.807, 2.05) is 42.2 Å². The fourth-order valence-electron chi connectivity index (χ4n) is 2.80. The topological polar surface area (TPSA) is 51.9 Å². The fraction of sp³-hybridized carbons (Fsp3) is 0.389. The molecule has 1 saturated heterocycles. The summed E-state index contributed by atoms with van der Waals surface area (Å²) >= 11 is 1.61. The Labute approximate surface area is 145 Å². The van der Waals surface area contributed by atoms with Gasteiger partial charge in [-0.15, -0.1) is 11.8 Å². The molecule has 2 heterocycles. The van der Waals surface area contributed by atoms with Crippen molar-refractivity contribution in [2.24, 2.45) is 0 Å². The van der Waals surface area contributed by atoms with E-state index in [-0.39, 0.29) is 11.3 Å². The van der Waals surface area contributed by atoms with E-state index < -0.39 is 0 Å². The first-order valence-corrected chi connectivity index (χ1v) is 8.85. The van der Waals surface area contributed by atoms with Crippen LogP contribution in [-0.4, -0.2) is 37.3 Å². The van der Waals surface area contributed by atoms with Gasteiger partial charge in [-0.25, -0.2) is 0 Å². The Morgan fingerprint density at radius 2 is 2.00 bits per heavy atom. The van der Waals surface area contributed by atoms with Gasteiger partial charge in [-0.1, -0.05) is 6.07 Å². The summed E-state index contributed by atoms with van der Waals surface area (Å²) in [6, 6.07) is 9.74. The molecule has 128 valence electrons. The molecule has 3 rings (SSSR count). The van der Waals surface area contributed by atoms with Gasteiger partial charge < -0.3 is 18.8 Å². The van der Waals surface area contributed by atoms with Crippen molar-refractivity contribution in [2.45, 2.75) is 18.7 Å². The molecule has 1 aliphatic heterocycles. The summed E-state index contributed by atoms with van der Waals surface area (Å²) in [6.07, 6.45) is 0.753. The van der Waals surface area contributed by atoms with Crippen molar-refractivity contribution in [1.82, 2.24) is 4.90 Å². The van der Waals surface area contributed by atoms with E-state index in [4.69, 9.17) is 13.9 Å². The highest BCUT2D eigenvalue weighted by atomic mass is 32.2. The Kier molecular flexibility index (Phi) is 5.04. The van der Waals surface area contributed by atoms with E-state index in [9.17, 15) is 4.79 Å². The average molecular weight is 347 g/mol. The zero-order valence-electron chi connectivity index (χ0n) is 14.1. The summed E-state index contributed by atoms with van der Waals surface area (Å²) in [7, 11) is 3.24. The van der Waals surface area contributed by atoms with Gasteiger partial charge in [-0.2, -0.15) is 0 Å². The zero-order valence-corrected chi connectivity index (χ0v) is 14.9. The number of rotatable bonds is 6. The highest BCUT2D eigenvalue weighted by molar-refractivity contribution is 8.00. The van der Waals surface area contributed by atoms with Crippen LogP contribution in [0.2, 0.25) is 0 Å². The second-order valence-electron chi connectivity index (χ2n) is 5.64.